The van der Waals surface area contributed by atoms with E-state index in [0.717, 1.165) is 72.0 Å². The molecule has 224 valence electrons. The Kier molecular flexibility index (Phi) is 11.4. The number of carbonyl (C=O) groups excluding carboxylic acids is 2. The minimum atomic E-state index is -0.457. The van der Waals surface area contributed by atoms with Crippen LogP contribution in [0.2, 0.25) is 0 Å². The van der Waals surface area contributed by atoms with E-state index in [0.29, 0.717) is 26.4 Å². The Balaban J connectivity index is 1.22. The maximum Gasteiger partial charge on any atom is 0.330 e. The summed E-state index contributed by atoms with van der Waals surface area (Å²) >= 11 is 0. The first-order valence-electron chi connectivity index (χ1n) is 14.5. The van der Waals surface area contributed by atoms with Crippen LogP contribution in [-0.4, -0.2) is 56.7 Å². The first kappa shape index (κ1) is 31.1. The highest BCUT2D eigenvalue weighted by molar-refractivity contribution is 5.81. The van der Waals surface area contributed by atoms with E-state index >= 15 is 0 Å². The van der Waals surface area contributed by atoms with Crippen LogP contribution in [0.15, 0.2) is 71.9 Å². The van der Waals surface area contributed by atoms with Crippen molar-refractivity contribution in [3.8, 4) is 5.75 Å². The molecule has 2 heterocycles. The van der Waals surface area contributed by atoms with Crippen LogP contribution in [0.25, 0.3) is 0 Å². The van der Waals surface area contributed by atoms with Crippen LogP contribution in [0.4, 0.5) is 11.4 Å². The third kappa shape index (κ3) is 8.59. The third-order valence-electron chi connectivity index (χ3n) is 7.43. The molecule has 2 aromatic rings. The largest absolute Gasteiger partial charge is 0.494 e. The SMILES string of the molecule is C=CC(=O)OCCCCCCOc1cc(C)c(N=Nc2ccc(C[C@@H]3CO[C@H]4[C@@H]3OC[C@@H]4OC(=O)C=C)cc2)c(C)c1. The molecule has 0 saturated carbocycles. The molecule has 2 saturated heterocycles. The summed E-state index contributed by atoms with van der Waals surface area (Å²) in [7, 11) is 0. The number of unbranched alkanes of at least 4 members (excludes halogenated alkanes) is 3. The lowest BCUT2D eigenvalue weighted by molar-refractivity contribution is -0.147. The fourth-order valence-corrected chi connectivity index (χ4v) is 5.26. The van der Waals surface area contributed by atoms with Crippen molar-refractivity contribution >= 4 is 23.3 Å². The van der Waals surface area contributed by atoms with E-state index in [9.17, 15) is 9.59 Å². The zero-order valence-corrected chi connectivity index (χ0v) is 24.5. The second-order valence-corrected chi connectivity index (χ2v) is 10.6. The predicted molar refractivity (Wildman–Crippen MR) is 158 cm³/mol. The summed E-state index contributed by atoms with van der Waals surface area (Å²) in [5.74, 6) is 0.179. The first-order chi connectivity index (χ1) is 20.4. The number of ether oxygens (including phenoxy) is 5. The highest BCUT2D eigenvalue weighted by atomic mass is 16.6. The van der Waals surface area contributed by atoms with Gasteiger partial charge in [0.05, 0.1) is 43.9 Å². The molecule has 2 fully saturated rings. The van der Waals surface area contributed by atoms with E-state index in [-0.39, 0.29) is 30.2 Å². The van der Waals surface area contributed by atoms with E-state index in [1.807, 2.05) is 38.1 Å². The summed E-state index contributed by atoms with van der Waals surface area (Å²) in [6.45, 7) is 12.8. The monoisotopic (exact) mass is 576 g/mol. The van der Waals surface area contributed by atoms with Gasteiger partial charge < -0.3 is 23.7 Å². The van der Waals surface area contributed by atoms with Gasteiger partial charge in [-0.1, -0.05) is 25.3 Å². The van der Waals surface area contributed by atoms with Gasteiger partial charge in [0, 0.05) is 18.1 Å². The lowest BCUT2D eigenvalue weighted by Crippen LogP contribution is -2.33. The molecule has 0 aliphatic carbocycles. The number of aryl methyl sites for hydroxylation is 2. The fraction of sp³-hybridized carbons (Fsp3) is 0.455. The normalized spacial score (nSPS) is 21.2. The molecule has 9 heteroatoms. The molecule has 0 spiro atoms. The molecule has 0 aromatic heterocycles. The molecule has 0 N–H and O–H groups in total. The minimum Gasteiger partial charge on any atom is -0.494 e. The maximum atomic E-state index is 11.6. The average Bonchev–Trinajstić information content (AvgIpc) is 3.57. The maximum absolute atomic E-state index is 11.6. The van der Waals surface area contributed by atoms with Gasteiger partial charge in [0.1, 0.15) is 11.9 Å². The highest BCUT2D eigenvalue weighted by Gasteiger charge is 2.49. The zero-order chi connectivity index (χ0) is 29.9. The van der Waals surface area contributed by atoms with Crippen molar-refractivity contribution in [3.05, 3.63) is 78.4 Å². The van der Waals surface area contributed by atoms with Gasteiger partial charge in [-0.15, -0.1) is 0 Å². The summed E-state index contributed by atoms with van der Waals surface area (Å²) in [6.07, 6.45) is 6.17. The van der Waals surface area contributed by atoms with Crippen LogP contribution in [-0.2, 0) is 35.0 Å². The molecular formula is C33H40N2O7. The van der Waals surface area contributed by atoms with Crippen molar-refractivity contribution in [2.75, 3.05) is 26.4 Å². The van der Waals surface area contributed by atoms with Gasteiger partial charge in [0.15, 0.2) is 6.10 Å². The van der Waals surface area contributed by atoms with Crippen molar-refractivity contribution in [2.45, 2.75) is 64.3 Å². The quantitative estimate of drug-likeness (QED) is 0.104. The van der Waals surface area contributed by atoms with Crippen LogP contribution in [0.3, 0.4) is 0 Å². The molecule has 0 radical (unpaired) electrons. The summed E-state index contributed by atoms with van der Waals surface area (Å²) in [5.41, 5.74) is 4.76. The standard InChI is InChI=1S/C33H40N2O7/c1-5-29(36)39-16-10-8-7-9-15-38-27-17-22(3)31(23(4)18-27)35-34-26-13-11-24(12-14-26)19-25-20-40-33-28(21-41-32(25)33)42-30(37)6-2/h5-6,11-14,17-18,25,28,32-33H,1-2,7-10,15-16,19-21H2,3-4H3/t25-,28+,32-,33-/m1/s1. The van der Waals surface area contributed by atoms with Crippen molar-refractivity contribution in [1.29, 1.82) is 0 Å². The Labute approximate surface area is 247 Å². The number of esters is 2. The van der Waals surface area contributed by atoms with Crippen LogP contribution < -0.4 is 4.74 Å². The van der Waals surface area contributed by atoms with Gasteiger partial charge in [0.2, 0.25) is 0 Å². The molecule has 2 aromatic carbocycles. The summed E-state index contributed by atoms with van der Waals surface area (Å²) in [4.78, 5) is 22.6. The van der Waals surface area contributed by atoms with Crippen molar-refractivity contribution in [2.24, 2.45) is 16.1 Å². The van der Waals surface area contributed by atoms with Crippen LogP contribution in [0.5, 0.6) is 5.75 Å². The van der Waals surface area contributed by atoms with E-state index in [1.165, 1.54) is 6.08 Å². The van der Waals surface area contributed by atoms with Crippen LogP contribution >= 0.6 is 0 Å². The molecule has 4 atom stereocenters. The number of rotatable bonds is 15. The molecule has 2 aliphatic rings. The van der Waals surface area contributed by atoms with Crippen molar-refractivity contribution in [1.82, 2.24) is 0 Å². The number of hydrogen-bond acceptors (Lipinski definition) is 9. The van der Waals surface area contributed by atoms with Gasteiger partial charge in [-0.3, -0.25) is 0 Å². The van der Waals surface area contributed by atoms with Gasteiger partial charge in [-0.2, -0.15) is 10.2 Å². The lowest BCUT2D eigenvalue weighted by Gasteiger charge is -2.16. The van der Waals surface area contributed by atoms with Gasteiger partial charge in [-0.05, 0) is 86.9 Å². The van der Waals surface area contributed by atoms with Crippen LogP contribution in [0.1, 0.15) is 42.4 Å². The van der Waals surface area contributed by atoms with Crippen molar-refractivity contribution in [3.63, 3.8) is 0 Å². The number of carbonyl (C=O) groups is 2. The lowest BCUT2D eigenvalue weighted by atomic mass is 9.93. The molecular weight excluding hydrogens is 536 g/mol. The molecule has 42 heavy (non-hydrogen) atoms. The number of azo groups is 1. The Hall–Kier alpha value is -3.82. The van der Waals surface area contributed by atoms with Gasteiger partial charge in [-0.25, -0.2) is 9.59 Å². The highest BCUT2D eigenvalue weighted by Crippen LogP contribution is 2.35. The number of fused-ring (bicyclic) bond motifs is 1. The van der Waals surface area contributed by atoms with Crippen LogP contribution in [0, 0.1) is 19.8 Å². The fourth-order valence-electron chi connectivity index (χ4n) is 5.26. The molecule has 0 amide bonds. The smallest absolute Gasteiger partial charge is 0.330 e. The molecule has 0 unspecified atom stereocenters. The van der Waals surface area contributed by atoms with E-state index in [1.54, 1.807) is 0 Å². The van der Waals surface area contributed by atoms with E-state index in [4.69, 9.17) is 23.7 Å². The summed E-state index contributed by atoms with van der Waals surface area (Å²) in [6, 6.07) is 12.0. The minimum absolute atomic E-state index is 0.0922. The average molecular weight is 577 g/mol. The molecule has 4 rings (SSSR count). The topological polar surface area (TPSA) is 105 Å². The van der Waals surface area contributed by atoms with Crippen molar-refractivity contribution < 1.29 is 33.3 Å². The summed E-state index contributed by atoms with van der Waals surface area (Å²) < 4.78 is 28.2. The molecule has 9 nitrogen and oxygen atoms in total. The van der Waals surface area contributed by atoms with E-state index in [2.05, 4.69) is 35.5 Å². The second-order valence-electron chi connectivity index (χ2n) is 10.6. The Morgan fingerprint density at radius 1 is 0.881 bits per heavy atom. The molecule has 2 aliphatic heterocycles. The number of benzene rings is 2. The van der Waals surface area contributed by atoms with E-state index < -0.39 is 5.97 Å². The first-order valence-corrected chi connectivity index (χ1v) is 14.5. The Morgan fingerprint density at radius 2 is 1.55 bits per heavy atom. The second kappa shape index (κ2) is 15.4. The van der Waals surface area contributed by atoms with Gasteiger partial charge in [0.25, 0.3) is 0 Å². The summed E-state index contributed by atoms with van der Waals surface area (Å²) in [5, 5.41) is 9.00. The Bertz CT molecular complexity index is 1250. The number of nitrogens with zero attached hydrogens (tertiary/aromatic N) is 2. The zero-order valence-electron chi connectivity index (χ0n) is 24.5. The Morgan fingerprint density at radius 3 is 2.24 bits per heavy atom. The molecule has 0 bridgehead atoms. The predicted octanol–water partition coefficient (Wildman–Crippen LogP) is 6.44. The third-order valence-corrected chi connectivity index (χ3v) is 7.43. The number of hydrogen-bond donors (Lipinski definition) is 0. The van der Waals surface area contributed by atoms with Gasteiger partial charge >= 0.3 is 11.9 Å².